The molecule has 0 saturated heterocycles. The third kappa shape index (κ3) is 2.04. The molecule has 2 heterocycles. The minimum Gasteiger partial charge on any atom is -0.394 e. The minimum atomic E-state index is 0.700. The Hall–Kier alpha value is -2.08. The Morgan fingerprint density at radius 3 is 3.05 bits per heavy atom. The molecule has 3 rings (SSSR count). The highest BCUT2D eigenvalue weighted by Gasteiger charge is 2.11. The fraction of sp³-hybridized carbons (Fsp3) is 0.231. The van der Waals surface area contributed by atoms with Crippen LogP contribution in [0.5, 0.6) is 0 Å². The van der Waals surface area contributed by atoms with E-state index in [1.165, 1.54) is 0 Å². The first-order valence-electron chi connectivity index (χ1n) is 6.12. The van der Waals surface area contributed by atoms with E-state index in [0.717, 1.165) is 34.0 Å². The molecule has 2 aromatic heterocycles. The minimum absolute atomic E-state index is 0.700. The Morgan fingerprint density at radius 2 is 2.26 bits per heavy atom. The molecule has 3 aromatic rings. The maximum Gasteiger partial charge on any atom is 0.152 e. The van der Waals surface area contributed by atoms with E-state index in [2.05, 4.69) is 21.5 Å². The van der Waals surface area contributed by atoms with Gasteiger partial charge in [0.1, 0.15) is 0 Å². The highest BCUT2D eigenvalue weighted by molar-refractivity contribution is 7.16. The van der Waals surface area contributed by atoms with Gasteiger partial charge in [-0.3, -0.25) is 0 Å². The fourth-order valence-corrected chi connectivity index (χ4v) is 2.74. The second kappa shape index (κ2) is 4.55. The number of aromatic nitrogens is 3. The van der Waals surface area contributed by atoms with Crippen molar-refractivity contribution < 1.29 is 0 Å². The van der Waals surface area contributed by atoms with Crippen molar-refractivity contribution in [3.05, 3.63) is 29.4 Å². The van der Waals surface area contributed by atoms with E-state index in [0.29, 0.717) is 5.69 Å². The molecule has 0 fully saturated rings. The molecule has 0 bridgehead atoms. The summed E-state index contributed by atoms with van der Waals surface area (Å²) in [5.41, 5.74) is 11.5. The number of fused-ring (bicyclic) bond motifs is 1. The van der Waals surface area contributed by atoms with Crippen LogP contribution in [0.4, 0.5) is 17.2 Å². The topological polar surface area (TPSA) is 68.8 Å². The van der Waals surface area contributed by atoms with Gasteiger partial charge in [-0.25, -0.2) is 9.67 Å². The summed E-state index contributed by atoms with van der Waals surface area (Å²) in [4.78, 5) is 4.27. The highest BCUT2D eigenvalue weighted by atomic mass is 32.1. The van der Waals surface area contributed by atoms with Crippen LogP contribution in [0.25, 0.3) is 10.2 Å². The predicted octanol–water partition coefficient (Wildman–Crippen LogP) is 3.15. The van der Waals surface area contributed by atoms with Crippen LogP contribution >= 0.6 is 11.3 Å². The van der Waals surface area contributed by atoms with Crippen LogP contribution in [-0.2, 0) is 6.54 Å². The Morgan fingerprint density at radius 1 is 1.42 bits per heavy atom. The number of anilines is 3. The molecule has 1 aromatic carbocycles. The SMILES string of the molecule is CCn1nc(C)c(N)c1Nc1ccc2ncsc2c1. The molecular formula is C13H15N5S. The average molecular weight is 273 g/mol. The van der Waals surface area contributed by atoms with E-state index in [9.17, 15) is 0 Å². The molecular weight excluding hydrogens is 258 g/mol. The summed E-state index contributed by atoms with van der Waals surface area (Å²) in [6.45, 7) is 4.74. The van der Waals surface area contributed by atoms with E-state index < -0.39 is 0 Å². The zero-order valence-electron chi connectivity index (χ0n) is 10.8. The van der Waals surface area contributed by atoms with E-state index >= 15 is 0 Å². The van der Waals surface area contributed by atoms with Crippen molar-refractivity contribution in [1.82, 2.24) is 14.8 Å². The maximum absolute atomic E-state index is 6.06. The summed E-state index contributed by atoms with van der Waals surface area (Å²) in [5.74, 6) is 0.851. The lowest BCUT2D eigenvalue weighted by Crippen LogP contribution is -2.04. The van der Waals surface area contributed by atoms with Crippen LogP contribution in [0.3, 0.4) is 0 Å². The molecule has 0 amide bonds. The molecule has 0 saturated carbocycles. The Balaban J connectivity index is 2.00. The quantitative estimate of drug-likeness (QED) is 0.769. The van der Waals surface area contributed by atoms with Crippen LogP contribution in [0, 0.1) is 6.92 Å². The number of thiazole rings is 1. The molecule has 0 aliphatic heterocycles. The first-order chi connectivity index (χ1) is 9.19. The number of rotatable bonds is 3. The van der Waals surface area contributed by atoms with Gasteiger partial charge in [-0.05, 0) is 32.0 Å². The molecule has 6 heteroatoms. The van der Waals surface area contributed by atoms with E-state index in [1.54, 1.807) is 11.3 Å². The van der Waals surface area contributed by atoms with Crippen molar-refractivity contribution in [2.24, 2.45) is 0 Å². The molecule has 3 N–H and O–H groups in total. The molecule has 0 atom stereocenters. The first kappa shape index (κ1) is 12.0. The van der Waals surface area contributed by atoms with Gasteiger partial charge in [0.2, 0.25) is 0 Å². The average Bonchev–Trinajstić information content (AvgIpc) is 2.98. The molecule has 5 nitrogen and oxygen atoms in total. The summed E-state index contributed by atoms with van der Waals surface area (Å²) >= 11 is 1.63. The van der Waals surface area contributed by atoms with Gasteiger partial charge in [0.05, 0.1) is 27.1 Å². The number of nitrogens with two attached hydrogens (primary N) is 1. The molecule has 19 heavy (non-hydrogen) atoms. The predicted molar refractivity (Wildman–Crippen MR) is 80.0 cm³/mol. The first-order valence-corrected chi connectivity index (χ1v) is 7.00. The van der Waals surface area contributed by atoms with Gasteiger partial charge < -0.3 is 11.1 Å². The van der Waals surface area contributed by atoms with Crippen molar-refractivity contribution in [2.75, 3.05) is 11.1 Å². The number of hydrogen-bond donors (Lipinski definition) is 2. The van der Waals surface area contributed by atoms with Crippen LogP contribution in [-0.4, -0.2) is 14.8 Å². The molecule has 0 unspecified atom stereocenters. The van der Waals surface area contributed by atoms with Gasteiger partial charge in [-0.1, -0.05) is 0 Å². The fourth-order valence-electron chi connectivity index (χ4n) is 2.03. The molecule has 0 spiro atoms. The van der Waals surface area contributed by atoms with Crippen molar-refractivity contribution in [3.63, 3.8) is 0 Å². The number of benzene rings is 1. The molecule has 0 radical (unpaired) electrons. The standard InChI is InChI=1S/C13H15N5S/c1-3-18-13(12(14)8(2)17-18)16-9-4-5-10-11(6-9)19-7-15-10/h4-7,16H,3,14H2,1-2H3. The lowest BCUT2D eigenvalue weighted by Gasteiger charge is -2.09. The summed E-state index contributed by atoms with van der Waals surface area (Å²) in [5, 5.41) is 7.75. The lowest BCUT2D eigenvalue weighted by molar-refractivity contribution is 0.661. The second-order valence-electron chi connectivity index (χ2n) is 4.32. The summed E-state index contributed by atoms with van der Waals surface area (Å²) in [6, 6.07) is 6.09. The van der Waals surface area contributed by atoms with Gasteiger partial charge >= 0.3 is 0 Å². The van der Waals surface area contributed by atoms with Crippen LogP contribution < -0.4 is 11.1 Å². The molecule has 98 valence electrons. The van der Waals surface area contributed by atoms with Crippen LogP contribution in [0.1, 0.15) is 12.6 Å². The number of nitrogens with zero attached hydrogens (tertiary/aromatic N) is 3. The Kier molecular flexibility index (Phi) is 2.87. The molecule has 0 aliphatic carbocycles. The van der Waals surface area contributed by atoms with Crippen molar-refractivity contribution >= 4 is 38.7 Å². The van der Waals surface area contributed by atoms with Gasteiger partial charge in [0.25, 0.3) is 0 Å². The number of nitrogens with one attached hydrogen (secondary N) is 1. The maximum atomic E-state index is 6.06. The van der Waals surface area contributed by atoms with Crippen LogP contribution in [0.15, 0.2) is 23.7 Å². The van der Waals surface area contributed by atoms with Crippen molar-refractivity contribution in [3.8, 4) is 0 Å². The van der Waals surface area contributed by atoms with Gasteiger partial charge in [-0.15, -0.1) is 11.3 Å². The van der Waals surface area contributed by atoms with E-state index in [4.69, 9.17) is 5.73 Å². The summed E-state index contributed by atoms with van der Waals surface area (Å²) in [7, 11) is 0. The van der Waals surface area contributed by atoms with Crippen LogP contribution in [0.2, 0.25) is 0 Å². The summed E-state index contributed by atoms with van der Waals surface area (Å²) < 4.78 is 3.03. The number of hydrogen-bond acceptors (Lipinski definition) is 5. The normalized spacial score (nSPS) is 11.1. The monoisotopic (exact) mass is 273 g/mol. The third-order valence-corrected chi connectivity index (χ3v) is 3.86. The zero-order valence-corrected chi connectivity index (χ0v) is 11.7. The van der Waals surface area contributed by atoms with Gasteiger partial charge in [-0.2, -0.15) is 5.10 Å². The lowest BCUT2D eigenvalue weighted by atomic mass is 10.3. The number of nitrogen functional groups attached to an aromatic ring is 1. The smallest absolute Gasteiger partial charge is 0.152 e. The van der Waals surface area contributed by atoms with Gasteiger partial charge in [0.15, 0.2) is 5.82 Å². The third-order valence-electron chi connectivity index (χ3n) is 3.07. The van der Waals surface area contributed by atoms with Crippen molar-refractivity contribution in [1.29, 1.82) is 0 Å². The molecule has 0 aliphatic rings. The zero-order chi connectivity index (χ0) is 13.4. The van der Waals surface area contributed by atoms with E-state index in [-0.39, 0.29) is 0 Å². The second-order valence-corrected chi connectivity index (χ2v) is 5.21. The van der Waals surface area contributed by atoms with E-state index in [1.807, 2.05) is 36.2 Å². The largest absolute Gasteiger partial charge is 0.394 e. The Labute approximate surface area is 115 Å². The highest BCUT2D eigenvalue weighted by Crippen LogP contribution is 2.28. The van der Waals surface area contributed by atoms with Crippen molar-refractivity contribution in [2.45, 2.75) is 20.4 Å². The van der Waals surface area contributed by atoms with Gasteiger partial charge in [0, 0.05) is 12.2 Å². The number of aryl methyl sites for hydroxylation is 2. The Bertz CT molecular complexity index is 728. The summed E-state index contributed by atoms with van der Waals surface area (Å²) in [6.07, 6.45) is 0.